The molecule has 1 saturated carbocycles. The Morgan fingerprint density at radius 1 is 1.30 bits per heavy atom. The van der Waals surface area contributed by atoms with E-state index in [0.29, 0.717) is 0 Å². The second-order valence-corrected chi connectivity index (χ2v) is 5.76. The van der Waals surface area contributed by atoms with E-state index in [9.17, 15) is 0 Å². The predicted octanol–water partition coefficient (Wildman–Crippen LogP) is 3.19. The standard InChI is InChI=1S/C17H23N3/c1-3-18-11-15-10-14-6-4-5-7-16(14)17(19-15)20(2)12-13-8-9-13/h4-7,10,13,18H,3,8-9,11-12H2,1-2H3. The van der Waals surface area contributed by atoms with Crippen molar-refractivity contribution in [1.82, 2.24) is 10.3 Å². The summed E-state index contributed by atoms with van der Waals surface area (Å²) >= 11 is 0. The molecule has 0 saturated heterocycles. The van der Waals surface area contributed by atoms with Crippen molar-refractivity contribution in [2.75, 3.05) is 25.0 Å². The van der Waals surface area contributed by atoms with Gasteiger partial charge < -0.3 is 10.2 Å². The zero-order chi connectivity index (χ0) is 13.9. The minimum absolute atomic E-state index is 0.839. The summed E-state index contributed by atoms with van der Waals surface area (Å²) in [6.07, 6.45) is 2.75. The van der Waals surface area contributed by atoms with Gasteiger partial charge in [0.15, 0.2) is 0 Å². The summed E-state index contributed by atoms with van der Waals surface area (Å²) in [6, 6.07) is 10.8. The van der Waals surface area contributed by atoms with Gasteiger partial charge in [-0.15, -0.1) is 0 Å². The third kappa shape index (κ3) is 2.93. The van der Waals surface area contributed by atoms with Gasteiger partial charge in [0.2, 0.25) is 0 Å². The van der Waals surface area contributed by atoms with E-state index in [0.717, 1.165) is 37.1 Å². The predicted molar refractivity (Wildman–Crippen MR) is 85.1 cm³/mol. The largest absolute Gasteiger partial charge is 0.359 e. The van der Waals surface area contributed by atoms with Crippen LogP contribution in [-0.4, -0.2) is 25.1 Å². The molecule has 0 spiro atoms. The van der Waals surface area contributed by atoms with Crippen molar-refractivity contribution in [3.05, 3.63) is 36.0 Å². The van der Waals surface area contributed by atoms with E-state index in [4.69, 9.17) is 4.98 Å². The Balaban J connectivity index is 1.97. The third-order valence-corrected chi connectivity index (χ3v) is 3.92. The van der Waals surface area contributed by atoms with Gasteiger partial charge in [-0.2, -0.15) is 0 Å². The molecule has 0 amide bonds. The van der Waals surface area contributed by atoms with Crippen molar-refractivity contribution in [2.24, 2.45) is 5.92 Å². The first-order chi connectivity index (χ1) is 9.78. The van der Waals surface area contributed by atoms with E-state index in [2.05, 4.69) is 54.5 Å². The summed E-state index contributed by atoms with van der Waals surface area (Å²) in [5.74, 6) is 2.00. The van der Waals surface area contributed by atoms with E-state index < -0.39 is 0 Å². The van der Waals surface area contributed by atoms with Gasteiger partial charge >= 0.3 is 0 Å². The summed E-state index contributed by atoms with van der Waals surface area (Å²) in [5, 5.41) is 5.91. The van der Waals surface area contributed by atoms with Crippen LogP contribution < -0.4 is 10.2 Å². The van der Waals surface area contributed by atoms with E-state index in [1.165, 1.54) is 23.6 Å². The molecule has 0 radical (unpaired) electrons. The first-order valence-electron chi connectivity index (χ1n) is 7.58. The number of hydrogen-bond acceptors (Lipinski definition) is 3. The highest BCUT2D eigenvalue weighted by Gasteiger charge is 2.24. The summed E-state index contributed by atoms with van der Waals surface area (Å²) in [7, 11) is 2.17. The molecule has 0 aliphatic heterocycles. The van der Waals surface area contributed by atoms with Gasteiger partial charge in [-0.1, -0.05) is 31.2 Å². The van der Waals surface area contributed by atoms with Gasteiger partial charge in [-0.3, -0.25) is 0 Å². The number of hydrogen-bond donors (Lipinski definition) is 1. The molecule has 2 aromatic rings. The van der Waals surface area contributed by atoms with Crippen molar-refractivity contribution in [1.29, 1.82) is 0 Å². The molecule has 3 rings (SSSR count). The molecule has 0 unspecified atom stereocenters. The van der Waals surface area contributed by atoms with E-state index in [-0.39, 0.29) is 0 Å². The quantitative estimate of drug-likeness (QED) is 0.873. The maximum absolute atomic E-state index is 4.88. The van der Waals surface area contributed by atoms with Crippen LogP contribution in [0.1, 0.15) is 25.5 Å². The van der Waals surface area contributed by atoms with Crippen LogP contribution in [0.5, 0.6) is 0 Å². The fourth-order valence-corrected chi connectivity index (χ4v) is 2.64. The van der Waals surface area contributed by atoms with Crippen molar-refractivity contribution in [3.8, 4) is 0 Å². The smallest absolute Gasteiger partial charge is 0.136 e. The lowest BCUT2D eigenvalue weighted by Crippen LogP contribution is -2.22. The Hall–Kier alpha value is -1.61. The number of anilines is 1. The molecule has 1 aliphatic carbocycles. The molecule has 3 nitrogen and oxygen atoms in total. The van der Waals surface area contributed by atoms with E-state index in [1.807, 2.05) is 0 Å². The van der Waals surface area contributed by atoms with Gasteiger partial charge in [0.25, 0.3) is 0 Å². The highest BCUT2D eigenvalue weighted by molar-refractivity contribution is 5.92. The third-order valence-electron chi connectivity index (χ3n) is 3.92. The number of fused-ring (bicyclic) bond motifs is 1. The SMILES string of the molecule is CCNCc1cc2ccccc2c(N(C)CC2CC2)n1. The topological polar surface area (TPSA) is 28.2 Å². The van der Waals surface area contributed by atoms with Gasteiger partial charge in [-0.25, -0.2) is 4.98 Å². The van der Waals surface area contributed by atoms with Crippen LogP contribution in [-0.2, 0) is 6.54 Å². The summed E-state index contributed by atoms with van der Waals surface area (Å²) < 4.78 is 0. The number of nitrogens with one attached hydrogen (secondary N) is 1. The lowest BCUT2D eigenvalue weighted by atomic mass is 10.1. The van der Waals surface area contributed by atoms with E-state index in [1.54, 1.807) is 0 Å². The van der Waals surface area contributed by atoms with Crippen molar-refractivity contribution < 1.29 is 0 Å². The highest BCUT2D eigenvalue weighted by Crippen LogP contribution is 2.32. The summed E-state index contributed by atoms with van der Waals surface area (Å²) in [5.41, 5.74) is 1.13. The first-order valence-corrected chi connectivity index (χ1v) is 7.58. The normalized spacial score (nSPS) is 14.7. The fourth-order valence-electron chi connectivity index (χ4n) is 2.64. The molecule has 0 atom stereocenters. The molecule has 0 bridgehead atoms. The zero-order valence-electron chi connectivity index (χ0n) is 12.4. The maximum Gasteiger partial charge on any atom is 0.136 e. The molecule has 1 fully saturated rings. The van der Waals surface area contributed by atoms with Crippen LogP contribution in [0.3, 0.4) is 0 Å². The molecule has 1 aromatic carbocycles. The van der Waals surface area contributed by atoms with Crippen LogP contribution in [0.4, 0.5) is 5.82 Å². The van der Waals surface area contributed by atoms with Gasteiger partial charge in [0.1, 0.15) is 5.82 Å². The number of benzene rings is 1. The van der Waals surface area contributed by atoms with E-state index >= 15 is 0 Å². The van der Waals surface area contributed by atoms with Crippen molar-refractivity contribution in [3.63, 3.8) is 0 Å². The maximum atomic E-state index is 4.88. The van der Waals surface area contributed by atoms with Crippen LogP contribution in [0.25, 0.3) is 10.8 Å². The average Bonchev–Trinajstić information content (AvgIpc) is 3.28. The molecule has 3 heteroatoms. The van der Waals surface area contributed by atoms with Crippen LogP contribution in [0.15, 0.2) is 30.3 Å². The molecule has 1 heterocycles. The van der Waals surface area contributed by atoms with Crippen LogP contribution >= 0.6 is 0 Å². The summed E-state index contributed by atoms with van der Waals surface area (Å²) in [4.78, 5) is 7.21. The second-order valence-electron chi connectivity index (χ2n) is 5.76. The molecule has 106 valence electrons. The fraction of sp³-hybridized carbons (Fsp3) is 0.471. The van der Waals surface area contributed by atoms with Gasteiger partial charge in [0, 0.05) is 25.5 Å². The lowest BCUT2D eigenvalue weighted by molar-refractivity contribution is 0.707. The Bertz CT molecular complexity index is 590. The molecule has 1 N–H and O–H groups in total. The number of pyridine rings is 1. The Kier molecular flexibility index (Phi) is 3.88. The second kappa shape index (κ2) is 5.80. The van der Waals surface area contributed by atoms with Gasteiger partial charge in [0.05, 0.1) is 5.69 Å². The lowest BCUT2D eigenvalue weighted by Gasteiger charge is -2.21. The molecular weight excluding hydrogens is 246 g/mol. The molecular formula is C17H23N3. The zero-order valence-corrected chi connectivity index (χ0v) is 12.4. The first kappa shape index (κ1) is 13.4. The monoisotopic (exact) mass is 269 g/mol. The molecule has 20 heavy (non-hydrogen) atoms. The Labute approximate surface area is 121 Å². The van der Waals surface area contributed by atoms with Crippen LogP contribution in [0, 0.1) is 5.92 Å². The number of nitrogens with zero attached hydrogens (tertiary/aromatic N) is 2. The summed E-state index contributed by atoms with van der Waals surface area (Å²) in [6.45, 7) is 5.07. The van der Waals surface area contributed by atoms with Crippen molar-refractivity contribution >= 4 is 16.6 Å². The minimum Gasteiger partial charge on any atom is -0.359 e. The van der Waals surface area contributed by atoms with Crippen molar-refractivity contribution in [2.45, 2.75) is 26.3 Å². The number of rotatable bonds is 6. The average molecular weight is 269 g/mol. The van der Waals surface area contributed by atoms with Gasteiger partial charge in [-0.05, 0) is 36.8 Å². The molecule has 1 aliphatic rings. The minimum atomic E-state index is 0.839. The van der Waals surface area contributed by atoms with Crippen LogP contribution in [0.2, 0.25) is 0 Å². The number of aromatic nitrogens is 1. The molecule has 1 aromatic heterocycles. The highest BCUT2D eigenvalue weighted by atomic mass is 15.2. The Morgan fingerprint density at radius 3 is 2.85 bits per heavy atom. The Morgan fingerprint density at radius 2 is 2.10 bits per heavy atom.